The Hall–Kier alpha value is -1.61. The van der Waals surface area contributed by atoms with Crippen LogP contribution in [0, 0.1) is 6.92 Å². The number of hydrogen-bond acceptors (Lipinski definition) is 4. The molecule has 0 bridgehead atoms. The molecule has 0 saturated carbocycles. The largest absolute Gasteiger partial charge is 0.338 e. The summed E-state index contributed by atoms with van der Waals surface area (Å²) in [5, 5.41) is 9.39. The van der Waals surface area contributed by atoms with Crippen LogP contribution in [-0.2, 0) is 16.6 Å². The fourth-order valence-corrected chi connectivity index (χ4v) is 1.98. The number of urea groups is 1. The maximum Gasteiger partial charge on any atom is 0.314 e. The van der Waals surface area contributed by atoms with Gasteiger partial charge in [-0.2, -0.15) is 5.10 Å². The summed E-state index contributed by atoms with van der Waals surface area (Å²) in [6.07, 6.45) is 5.58. The lowest BCUT2D eigenvalue weighted by Gasteiger charge is -2.08. The number of nitrogens with one attached hydrogen (secondary N) is 3. The van der Waals surface area contributed by atoms with Gasteiger partial charge >= 0.3 is 6.03 Å². The van der Waals surface area contributed by atoms with E-state index in [9.17, 15) is 13.2 Å². The molecule has 0 aliphatic rings. The molecule has 0 aromatic carbocycles. The Morgan fingerprint density at radius 3 is 2.60 bits per heavy atom. The summed E-state index contributed by atoms with van der Waals surface area (Å²) in [6.45, 7) is 3.67. The van der Waals surface area contributed by atoms with Gasteiger partial charge in [0.15, 0.2) is 0 Å². The molecule has 8 nitrogen and oxygen atoms in total. The summed E-state index contributed by atoms with van der Waals surface area (Å²) in [6, 6.07) is -0.308. The molecular formula is C11H21N5O3S. The molecule has 1 heterocycles. The van der Waals surface area contributed by atoms with E-state index >= 15 is 0 Å². The predicted molar refractivity (Wildman–Crippen MR) is 75.8 cm³/mol. The van der Waals surface area contributed by atoms with Crippen molar-refractivity contribution in [1.82, 2.24) is 25.1 Å². The monoisotopic (exact) mass is 303 g/mol. The lowest BCUT2D eigenvalue weighted by atomic mass is 10.4. The first-order chi connectivity index (χ1) is 9.37. The lowest BCUT2D eigenvalue weighted by molar-refractivity contribution is 0.240. The number of amides is 2. The molecule has 0 atom stereocenters. The number of aryl methyl sites for hydroxylation is 2. The molecule has 20 heavy (non-hydrogen) atoms. The smallest absolute Gasteiger partial charge is 0.314 e. The van der Waals surface area contributed by atoms with Gasteiger partial charge in [-0.25, -0.2) is 17.9 Å². The highest BCUT2D eigenvalue weighted by molar-refractivity contribution is 7.88. The molecule has 1 aromatic heterocycles. The van der Waals surface area contributed by atoms with Crippen molar-refractivity contribution in [3.8, 4) is 0 Å². The van der Waals surface area contributed by atoms with Crippen LogP contribution in [0.2, 0.25) is 0 Å². The number of carbonyl (C=O) groups excluding carboxylic acids is 1. The predicted octanol–water partition coefficient (Wildman–Crippen LogP) is -0.570. The maximum atomic E-state index is 11.4. The molecule has 3 N–H and O–H groups in total. The van der Waals surface area contributed by atoms with Gasteiger partial charge in [0.1, 0.15) is 0 Å². The molecule has 0 unspecified atom stereocenters. The Labute approximate surface area is 119 Å². The van der Waals surface area contributed by atoms with Crippen LogP contribution in [0.4, 0.5) is 4.79 Å². The van der Waals surface area contributed by atoms with Gasteiger partial charge < -0.3 is 10.6 Å². The van der Waals surface area contributed by atoms with Gasteiger partial charge in [0, 0.05) is 32.4 Å². The van der Waals surface area contributed by atoms with Crippen LogP contribution in [0.25, 0.3) is 0 Å². The van der Waals surface area contributed by atoms with Gasteiger partial charge in [0.2, 0.25) is 10.0 Å². The fourth-order valence-electron chi connectivity index (χ4n) is 1.51. The zero-order chi connectivity index (χ0) is 15.0. The molecule has 0 saturated heterocycles. The van der Waals surface area contributed by atoms with E-state index in [0.29, 0.717) is 6.54 Å². The highest BCUT2D eigenvalue weighted by Gasteiger charge is 2.01. The van der Waals surface area contributed by atoms with Gasteiger partial charge in [-0.3, -0.25) is 4.68 Å². The molecule has 114 valence electrons. The molecule has 1 rings (SSSR count). The molecule has 0 fully saturated rings. The molecule has 0 spiro atoms. The average molecular weight is 303 g/mol. The second-order valence-electron chi connectivity index (χ2n) is 4.48. The second-order valence-corrected chi connectivity index (χ2v) is 6.32. The van der Waals surface area contributed by atoms with Gasteiger partial charge in [0.25, 0.3) is 0 Å². The maximum absolute atomic E-state index is 11.4. The number of aromatic nitrogens is 2. The lowest BCUT2D eigenvalue weighted by Crippen LogP contribution is -2.40. The van der Waals surface area contributed by atoms with Crippen molar-refractivity contribution >= 4 is 16.1 Å². The molecule has 0 radical (unpaired) electrons. The molecule has 0 aliphatic heterocycles. The van der Waals surface area contributed by atoms with Gasteiger partial charge in [-0.15, -0.1) is 0 Å². The third kappa shape index (κ3) is 7.74. The number of nitrogens with zero attached hydrogens (tertiary/aromatic N) is 2. The first-order valence-corrected chi connectivity index (χ1v) is 8.21. The third-order valence-corrected chi connectivity index (χ3v) is 3.12. The summed E-state index contributed by atoms with van der Waals surface area (Å²) >= 11 is 0. The Morgan fingerprint density at radius 1 is 1.30 bits per heavy atom. The number of hydrogen-bond donors (Lipinski definition) is 3. The minimum absolute atomic E-state index is 0.179. The highest BCUT2D eigenvalue weighted by atomic mass is 32.2. The van der Waals surface area contributed by atoms with Gasteiger partial charge in [-0.1, -0.05) is 0 Å². The van der Waals surface area contributed by atoms with E-state index in [1.807, 2.05) is 17.8 Å². The minimum Gasteiger partial charge on any atom is -0.338 e. The first kappa shape index (κ1) is 16.4. The molecule has 2 amide bonds. The quantitative estimate of drug-likeness (QED) is 0.559. The normalized spacial score (nSPS) is 11.3. The Kier molecular flexibility index (Phi) is 6.46. The zero-order valence-electron chi connectivity index (χ0n) is 11.7. The van der Waals surface area contributed by atoms with Gasteiger partial charge in [0.05, 0.1) is 12.5 Å². The van der Waals surface area contributed by atoms with Crippen LogP contribution < -0.4 is 15.4 Å². The minimum atomic E-state index is -3.20. The van der Waals surface area contributed by atoms with E-state index in [1.165, 1.54) is 0 Å². The van der Waals surface area contributed by atoms with Crippen molar-refractivity contribution in [2.45, 2.75) is 19.9 Å². The van der Waals surface area contributed by atoms with E-state index in [4.69, 9.17) is 0 Å². The Morgan fingerprint density at radius 2 is 2.00 bits per heavy atom. The van der Waals surface area contributed by atoms with Crippen LogP contribution >= 0.6 is 0 Å². The van der Waals surface area contributed by atoms with Crippen molar-refractivity contribution in [3.63, 3.8) is 0 Å². The summed E-state index contributed by atoms with van der Waals surface area (Å²) in [5.74, 6) is 0. The molecular weight excluding hydrogens is 282 g/mol. The van der Waals surface area contributed by atoms with Crippen molar-refractivity contribution in [1.29, 1.82) is 0 Å². The fraction of sp³-hybridized carbons (Fsp3) is 0.636. The van der Waals surface area contributed by atoms with E-state index in [2.05, 4.69) is 20.5 Å². The topological polar surface area (TPSA) is 105 Å². The number of rotatable bonds is 8. The molecule has 0 aliphatic carbocycles. The van der Waals surface area contributed by atoms with E-state index in [-0.39, 0.29) is 19.1 Å². The summed E-state index contributed by atoms with van der Waals surface area (Å²) in [4.78, 5) is 11.4. The van der Waals surface area contributed by atoms with Crippen LogP contribution in [-0.4, -0.2) is 50.1 Å². The zero-order valence-corrected chi connectivity index (χ0v) is 12.5. The van der Waals surface area contributed by atoms with Crippen LogP contribution in [0.5, 0.6) is 0 Å². The van der Waals surface area contributed by atoms with Crippen molar-refractivity contribution in [3.05, 3.63) is 18.0 Å². The number of carbonyl (C=O) groups is 1. The van der Waals surface area contributed by atoms with Crippen LogP contribution in [0.1, 0.15) is 12.0 Å². The molecule has 1 aromatic rings. The standard InChI is InChI=1S/C11H21N5O3S/c1-10-8-14-16(9-10)7-3-4-12-11(17)13-5-6-15-20(2,18)19/h8-9,15H,3-7H2,1-2H3,(H2,12,13,17). The van der Waals surface area contributed by atoms with Crippen molar-refractivity contribution in [2.24, 2.45) is 0 Å². The van der Waals surface area contributed by atoms with Gasteiger partial charge in [-0.05, 0) is 18.9 Å². The SMILES string of the molecule is Cc1cnn(CCCNC(=O)NCCNS(C)(=O)=O)c1. The van der Waals surface area contributed by atoms with Crippen LogP contribution in [0.3, 0.4) is 0 Å². The summed E-state index contributed by atoms with van der Waals surface area (Å²) in [7, 11) is -3.20. The van der Waals surface area contributed by atoms with E-state index in [0.717, 1.165) is 24.8 Å². The van der Waals surface area contributed by atoms with E-state index in [1.54, 1.807) is 6.20 Å². The summed E-state index contributed by atoms with van der Waals surface area (Å²) in [5.41, 5.74) is 1.11. The van der Waals surface area contributed by atoms with Crippen molar-refractivity contribution < 1.29 is 13.2 Å². The number of sulfonamides is 1. The van der Waals surface area contributed by atoms with Crippen LogP contribution in [0.15, 0.2) is 12.4 Å². The average Bonchev–Trinajstić information content (AvgIpc) is 2.75. The summed E-state index contributed by atoms with van der Waals surface area (Å²) < 4.78 is 25.7. The Balaban J connectivity index is 2.03. The second kappa shape index (κ2) is 7.85. The highest BCUT2D eigenvalue weighted by Crippen LogP contribution is 1.95. The molecule has 9 heteroatoms. The van der Waals surface area contributed by atoms with E-state index < -0.39 is 10.0 Å². The first-order valence-electron chi connectivity index (χ1n) is 6.32. The van der Waals surface area contributed by atoms with Crippen molar-refractivity contribution in [2.75, 3.05) is 25.9 Å². The third-order valence-electron chi connectivity index (χ3n) is 2.39. The Bertz CT molecular complexity index is 526.